The zero-order chi connectivity index (χ0) is 26.3. The number of carbonyl (C=O) groups is 2. The number of ether oxygens (including phenoxy) is 1. The third-order valence-corrected chi connectivity index (χ3v) is 6.07. The number of carbonyl (C=O) groups excluding carboxylic acids is 2. The fourth-order valence-electron chi connectivity index (χ4n) is 3.56. The molecule has 0 bridgehead atoms. The lowest BCUT2D eigenvalue weighted by Crippen LogP contribution is -2.14. The van der Waals surface area contributed by atoms with Gasteiger partial charge in [-0.15, -0.1) is 5.10 Å². The third kappa shape index (κ3) is 5.36. The van der Waals surface area contributed by atoms with Crippen LogP contribution in [0.25, 0.3) is 5.65 Å². The molecule has 1 aliphatic carbocycles. The maximum absolute atomic E-state index is 13.0. The molecule has 5 rings (SSSR count). The van der Waals surface area contributed by atoms with E-state index in [4.69, 9.17) is 16.3 Å². The first kappa shape index (κ1) is 24.6. The molecule has 12 heteroatoms. The Morgan fingerprint density at radius 2 is 1.89 bits per heavy atom. The number of rotatable bonds is 6. The van der Waals surface area contributed by atoms with E-state index < -0.39 is 17.6 Å². The predicted octanol–water partition coefficient (Wildman–Crippen LogP) is 6.10. The normalized spacial score (nSPS) is 13.4. The second-order valence-electron chi connectivity index (χ2n) is 8.57. The van der Waals surface area contributed by atoms with Crippen molar-refractivity contribution in [2.24, 2.45) is 5.92 Å². The fourth-order valence-corrected chi connectivity index (χ4v) is 3.86. The van der Waals surface area contributed by atoms with Gasteiger partial charge in [0.15, 0.2) is 17.2 Å². The number of hydrogen-bond acceptors (Lipinski definition) is 5. The van der Waals surface area contributed by atoms with Crippen LogP contribution in [0.5, 0.6) is 11.6 Å². The van der Waals surface area contributed by atoms with Crippen molar-refractivity contribution in [2.75, 3.05) is 10.6 Å². The van der Waals surface area contributed by atoms with Gasteiger partial charge in [0.05, 0.1) is 17.4 Å². The number of halogens is 4. The Hall–Kier alpha value is -4.12. The number of nitrogens with zero attached hydrogens (tertiary/aromatic N) is 3. The molecule has 1 saturated carbocycles. The van der Waals surface area contributed by atoms with E-state index in [1.165, 1.54) is 16.6 Å². The van der Waals surface area contributed by atoms with Crippen molar-refractivity contribution in [2.45, 2.75) is 25.9 Å². The molecule has 8 nitrogen and oxygen atoms in total. The van der Waals surface area contributed by atoms with E-state index in [9.17, 15) is 22.8 Å². The van der Waals surface area contributed by atoms with Gasteiger partial charge in [0.2, 0.25) is 11.8 Å². The Morgan fingerprint density at radius 3 is 2.62 bits per heavy atom. The van der Waals surface area contributed by atoms with Crippen LogP contribution in [0.2, 0.25) is 5.02 Å². The summed E-state index contributed by atoms with van der Waals surface area (Å²) in [6, 6.07) is 10.5. The van der Waals surface area contributed by atoms with Crippen molar-refractivity contribution < 1.29 is 27.5 Å². The lowest BCUT2D eigenvalue weighted by atomic mass is 10.1. The average molecular weight is 530 g/mol. The highest BCUT2D eigenvalue weighted by Gasteiger charge is 2.31. The van der Waals surface area contributed by atoms with Crippen LogP contribution in [0, 0.1) is 12.8 Å². The van der Waals surface area contributed by atoms with Crippen LogP contribution < -0.4 is 15.4 Å². The Labute approximate surface area is 213 Å². The summed E-state index contributed by atoms with van der Waals surface area (Å²) in [6.07, 6.45) is -1.28. The molecule has 0 radical (unpaired) electrons. The highest BCUT2D eigenvalue weighted by Crippen LogP contribution is 2.38. The number of benzene rings is 2. The first-order valence-corrected chi connectivity index (χ1v) is 11.6. The van der Waals surface area contributed by atoms with E-state index in [0.717, 1.165) is 31.0 Å². The minimum absolute atomic E-state index is 0.0307. The van der Waals surface area contributed by atoms with Gasteiger partial charge >= 0.3 is 6.18 Å². The summed E-state index contributed by atoms with van der Waals surface area (Å²) in [6.45, 7) is 1.74. The monoisotopic (exact) mass is 529 g/mol. The molecule has 190 valence electrons. The fraction of sp³-hybridized carbons (Fsp3) is 0.200. The number of alkyl halides is 3. The van der Waals surface area contributed by atoms with Gasteiger partial charge in [-0.25, -0.2) is 9.50 Å². The van der Waals surface area contributed by atoms with Crippen LogP contribution in [0.4, 0.5) is 24.7 Å². The molecule has 0 unspecified atom stereocenters. The number of fused-ring (bicyclic) bond motifs is 1. The minimum atomic E-state index is -4.58. The maximum atomic E-state index is 13.0. The molecule has 0 aliphatic heterocycles. The van der Waals surface area contributed by atoms with Crippen LogP contribution in [-0.2, 0) is 11.0 Å². The van der Waals surface area contributed by atoms with Crippen LogP contribution in [0.3, 0.4) is 0 Å². The van der Waals surface area contributed by atoms with Gasteiger partial charge in [-0.05, 0) is 55.7 Å². The molecule has 1 fully saturated rings. The molecule has 2 amide bonds. The van der Waals surface area contributed by atoms with E-state index in [1.54, 1.807) is 31.3 Å². The van der Waals surface area contributed by atoms with Gasteiger partial charge in [-0.2, -0.15) is 13.2 Å². The molecule has 0 atom stereocenters. The lowest BCUT2D eigenvalue weighted by Gasteiger charge is -2.14. The van der Waals surface area contributed by atoms with Crippen molar-refractivity contribution in [3.05, 3.63) is 76.4 Å². The smallest absolute Gasteiger partial charge is 0.416 e. The van der Waals surface area contributed by atoms with Gasteiger partial charge in [0, 0.05) is 17.5 Å². The topological polar surface area (TPSA) is 97.6 Å². The molecule has 1 aliphatic rings. The van der Waals surface area contributed by atoms with Crippen LogP contribution in [0.15, 0.2) is 54.7 Å². The molecule has 2 N–H and O–H groups in total. The molecule has 0 saturated heterocycles. The maximum Gasteiger partial charge on any atom is 0.416 e. The molecule has 2 aromatic heterocycles. The van der Waals surface area contributed by atoms with Crippen LogP contribution in [-0.4, -0.2) is 26.4 Å². The van der Waals surface area contributed by atoms with Gasteiger partial charge in [-0.3, -0.25) is 9.59 Å². The molecule has 37 heavy (non-hydrogen) atoms. The summed E-state index contributed by atoms with van der Waals surface area (Å²) in [5.74, 6) is -0.0694. The molecular formula is C25H19ClF3N5O3. The number of aromatic nitrogens is 3. The number of imidazole rings is 1. The van der Waals surface area contributed by atoms with E-state index in [-0.39, 0.29) is 39.7 Å². The number of hydrogen-bond donors (Lipinski definition) is 2. The highest BCUT2D eigenvalue weighted by molar-refractivity contribution is 6.35. The summed E-state index contributed by atoms with van der Waals surface area (Å²) in [5.41, 5.74) is 0.162. The summed E-state index contributed by atoms with van der Waals surface area (Å²) in [7, 11) is 0. The third-order valence-electron chi connectivity index (χ3n) is 5.70. The Morgan fingerprint density at radius 1 is 1.11 bits per heavy atom. The predicted molar refractivity (Wildman–Crippen MR) is 130 cm³/mol. The van der Waals surface area contributed by atoms with Crippen molar-refractivity contribution in [1.82, 2.24) is 14.6 Å². The second kappa shape index (κ2) is 9.40. The summed E-state index contributed by atoms with van der Waals surface area (Å²) in [4.78, 5) is 28.9. The van der Waals surface area contributed by atoms with Crippen molar-refractivity contribution in [3.8, 4) is 11.6 Å². The van der Waals surface area contributed by atoms with E-state index in [0.29, 0.717) is 17.0 Å². The van der Waals surface area contributed by atoms with Gasteiger partial charge in [0.25, 0.3) is 5.91 Å². The van der Waals surface area contributed by atoms with E-state index >= 15 is 0 Å². The van der Waals surface area contributed by atoms with Crippen LogP contribution in [0.1, 0.15) is 34.3 Å². The van der Waals surface area contributed by atoms with Crippen molar-refractivity contribution in [1.29, 1.82) is 0 Å². The summed E-state index contributed by atoms with van der Waals surface area (Å²) < 4.78 is 46.4. The highest BCUT2D eigenvalue weighted by atomic mass is 35.5. The van der Waals surface area contributed by atoms with E-state index in [2.05, 4.69) is 20.7 Å². The Balaban J connectivity index is 1.36. The lowest BCUT2D eigenvalue weighted by molar-refractivity contribution is -0.137. The Kier molecular flexibility index (Phi) is 6.24. The zero-order valence-electron chi connectivity index (χ0n) is 19.3. The molecule has 4 aromatic rings. The quantitative estimate of drug-likeness (QED) is 0.314. The second-order valence-corrected chi connectivity index (χ2v) is 8.95. The van der Waals surface area contributed by atoms with Crippen LogP contribution >= 0.6 is 11.6 Å². The van der Waals surface area contributed by atoms with Gasteiger partial charge in [0.1, 0.15) is 5.02 Å². The zero-order valence-corrected chi connectivity index (χ0v) is 20.0. The van der Waals surface area contributed by atoms with Gasteiger partial charge < -0.3 is 15.4 Å². The number of aryl methyl sites for hydroxylation is 1. The molecule has 0 spiro atoms. The van der Waals surface area contributed by atoms with Crippen molar-refractivity contribution in [3.63, 3.8) is 0 Å². The standard InChI is InChI=1S/C25H19ClF3N5O3/c1-13-5-8-17(30-24(36)15-3-2-4-16(11-15)25(27,28)29)21(26)22(13)37-20-10-9-19-31-18(12-34(19)33-20)32-23(35)14-6-7-14/h2-5,8-12,14H,6-7H2,1H3,(H,30,36)(H,32,35). The number of nitrogens with one attached hydrogen (secondary N) is 2. The summed E-state index contributed by atoms with van der Waals surface area (Å²) >= 11 is 6.50. The average Bonchev–Trinajstić information content (AvgIpc) is 3.63. The number of amides is 2. The van der Waals surface area contributed by atoms with E-state index in [1.807, 2.05) is 0 Å². The molecular weight excluding hydrogens is 511 g/mol. The summed E-state index contributed by atoms with van der Waals surface area (Å²) in [5, 5.41) is 9.67. The molecule has 2 heterocycles. The first-order valence-electron chi connectivity index (χ1n) is 11.2. The SMILES string of the molecule is Cc1ccc(NC(=O)c2cccc(C(F)(F)F)c2)c(Cl)c1Oc1ccc2nc(NC(=O)C3CC3)cn2n1. The Bertz CT molecular complexity index is 1530. The van der Waals surface area contributed by atoms with Crippen molar-refractivity contribution >= 4 is 40.6 Å². The largest absolute Gasteiger partial charge is 0.436 e. The number of anilines is 2. The first-order chi connectivity index (χ1) is 17.6. The van der Waals surface area contributed by atoms with Gasteiger partial charge in [-0.1, -0.05) is 23.7 Å². The minimum Gasteiger partial charge on any atom is -0.436 e. The molecule has 2 aromatic carbocycles.